The maximum absolute atomic E-state index is 5.55. The average Bonchev–Trinajstić information content (AvgIpc) is 2.92. The number of benzene rings is 1. The van der Waals surface area contributed by atoms with Crippen LogP contribution in [-0.2, 0) is 0 Å². The van der Waals surface area contributed by atoms with Crippen molar-refractivity contribution in [3.63, 3.8) is 0 Å². The first-order valence-corrected chi connectivity index (χ1v) is 6.01. The van der Waals surface area contributed by atoms with Crippen LogP contribution >= 0.6 is 0 Å². The third-order valence-electron chi connectivity index (χ3n) is 2.97. The average molecular weight is 245 g/mol. The summed E-state index contributed by atoms with van der Waals surface area (Å²) in [6, 6.07) is 8.02. The van der Waals surface area contributed by atoms with Gasteiger partial charge in [0.15, 0.2) is 11.5 Å². The molecule has 3 rings (SSSR count). The number of nitrogens with one attached hydrogen (secondary N) is 1. The van der Waals surface area contributed by atoms with E-state index in [0.717, 1.165) is 22.7 Å². The SMILES string of the molecule is CC(Nc1ccc2c(c1)OCCO2)c1ccoc1. The summed E-state index contributed by atoms with van der Waals surface area (Å²) in [5.41, 5.74) is 2.12. The summed E-state index contributed by atoms with van der Waals surface area (Å²) in [5.74, 6) is 1.61. The topological polar surface area (TPSA) is 43.6 Å². The van der Waals surface area contributed by atoms with E-state index in [0.29, 0.717) is 13.2 Å². The second-order valence-corrected chi connectivity index (χ2v) is 4.28. The molecule has 0 saturated heterocycles. The number of ether oxygens (including phenoxy) is 2. The molecular weight excluding hydrogens is 230 g/mol. The number of hydrogen-bond donors (Lipinski definition) is 1. The van der Waals surface area contributed by atoms with E-state index >= 15 is 0 Å². The van der Waals surface area contributed by atoms with Gasteiger partial charge in [-0.2, -0.15) is 0 Å². The zero-order valence-electron chi connectivity index (χ0n) is 10.2. The molecule has 2 aromatic rings. The molecule has 1 aliphatic rings. The first kappa shape index (κ1) is 11.0. The summed E-state index contributed by atoms with van der Waals surface area (Å²) in [7, 11) is 0. The summed E-state index contributed by atoms with van der Waals surface area (Å²) in [5, 5.41) is 3.40. The van der Waals surface area contributed by atoms with E-state index in [1.165, 1.54) is 0 Å². The molecule has 4 nitrogen and oxygen atoms in total. The zero-order valence-corrected chi connectivity index (χ0v) is 10.2. The third kappa shape index (κ3) is 2.14. The highest BCUT2D eigenvalue weighted by Gasteiger charge is 2.13. The Morgan fingerprint density at radius 2 is 1.94 bits per heavy atom. The smallest absolute Gasteiger partial charge is 0.163 e. The Morgan fingerprint density at radius 3 is 2.72 bits per heavy atom. The largest absolute Gasteiger partial charge is 0.486 e. The van der Waals surface area contributed by atoms with Crippen molar-refractivity contribution in [2.24, 2.45) is 0 Å². The van der Waals surface area contributed by atoms with Crippen molar-refractivity contribution in [1.82, 2.24) is 0 Å². The second kappa shape index (κ2) is 4.64. The van der Waals surface area contributed by atoms with Crippen LogP contribution in [0.1, 0.15) is 18.5 Å². The van der Waals surface area contributed by atoms with Crippen LogP contribution in [0.25, 0.3) is 0 Å². The highest BCUT2D eigenvalue weighted by atomic mass is 16.6. The van der Waals surface area contributed by atoms with Crippen LogP contribution in [0.2, 0.25) is 0 Å². The first-order valence-electron chi connectivity index (χ1n) is 6.01. The molecule has 0 spiro atoms. The van der Waals surface area contributed by atoms with Gasteiger partial charge in [-0.05, 0) is 25.1 Å². The lowest BCUT2D eigenvalue weighted by Crippen LogP contribution is -2.15. The maximum Gasteiger partial charge on any atom is 0.163 e. The molecule has 1 aromatic carbocycles. The maximum atomic E-state index is 5.55. The van der Waals surface area contributed by atoms with Crippen molar-refractivity contribution in [2.45, 2.75) is 13.0 Å². The fraction of sp³-hybridized carbons (Fsp3) is 0.286. The monoisotopic (exact) mass is 245 g/mol. The molecule has 94 valence electrons. The van der Waals surface area contributed by atoms with Gasteiger partial charge in [-0.25, -0.2) is 0 Å². The van der Waals surface area contributed by atoms with Gasteiger partial charge in [0, 0.05) is 17.3 Å². The Bertz CT molecular complexity index is 522. The van der Waals surface area contributed by atoms with Crippen molar-refractivity contribution in [3.8, 4) is 11.5 Å². The Balaban J connectivity index is 1.77. The van der Waals surface area contributed by atoms with Crippen LogP contribution in [0.3, 0.4) is 0 Å². The third-order valence-corrected chi connectivity index (χ3v) is 2.97. The molecule has 0 aliphatic carbocycles. The van der Waals surface area contributed by atoms with Crippen LogP contribution in [0.4, 0.5) is 5.69 Å². The number of hydrogen-bond acceptors (Lipinski definition) is 4. The van der Waals surface area contributed by atoms with Gasteiger partial charge in [0.25, 0.3) is 0 Å². The van der Waals surface area contributed by atoms with Crippen molar-refractivity contribution < 1.29 is 13.9 Å². The fourth-order valence-corrected chi connectivity index (χ4v) is 1.99. The van der Waals surface area contributed by atoms with E-state index in [1.807, 2.05) is 24.3 Å². The normalized spacial score (nSPS) is 15.2. The van der Waals surface area contributed by atoms with Crippen LogP contribution in [-0.4, -0.2) is 13.2 Å². The molecule has 1 unspecified atom stereocenters. The summed E-state index contributed by atoms with van der Waals surface area (Å²) in [6.07, 6.45) is 3.42. The van der Waals surface area contributed by atoms with E-state index in [1.54, 1.807) is 12.5 Å². The number of furan rings is 1. The van der Waals surface area contributed by atoms with E-state index < -0.39 is 0 Å². The molecule has 1 N–H and O–H groups in total. The van der Waals surface area contributed by atoms with Crippen LogP contribution in [0.15, 0.2) is 41.2 Å². The molecule has 18 heavy (non-hydrogen) atoms. The number of fused-ring (bicyclic) bond motifs is 1. The fourth-order valence-electron chi connectivity index (χ4n) is 1.99. The van der Waals surface area contributed by atoms with Gasteiger partial charge in [-0.3, -0.25) is 0 Å². The minimum atomic E-state index is 0.186. The lowest BCUT2D eigenvalue weighted by molar-refractivity contribution is 0.171. The molecule has 1 aliphatic heterocycles. The Morgan fingerprint density at radius 1 is 1.11 bits per heavy atom. The van der Waals surface area contributed by atoms with Crippen LogP contribution < -0.4 is 14.8 Å². The van der Waals surface area contributed by atoms with Gasteiger partial charge >= 0.3 is 0 Å². The van der Waals surface area contributed by atoms with Gasteiger partial charge in [0.1, 0.15) is 13.2 Å². The number of anilines is 1. The van der Waals surface area contributed by atoms with Crippen molar-refractivity contribution >= 4 is 5.69 Å². The Kier molecular flexibility index (Phi) is 2.84. The van der Waals surface area contributed by atoms with E-state index in [2.05, 4.69) is 12.2 Å². The van der Waals surface area contributed by atoms with Gasteiger partial charge < -0.3 is 19.2 Å². The molecule has 1 aromatic heterocycles. The molecule has 0 fully saturated rings. The quantitative estimate of drug-likeness (QED) is 0.901. The summed E-state index contributed by atoms with van der Waals surface area (Å²) >= 11 is 0. The van der Waals surface area contributed by atoms with Crippen LogP contribution in [0, 0.1) is 0 Å². The van der Waals surface area contributed by atoms with Crippen molar-refractivity contribution in [1.29, 1.82) is 0 Å². The van der Waals surface area contributed by atoms with Crippen molar-refractivity contribution in [2.75, 3.05) is 18.5 Å². The highest BCUT2D eigenvalue weighted by molar-refractivity contribution is 5.56. The minimum Gasteiger partial charge on any atom is -0.486 e. The van der Waals surface area contributed by atoms with Gasteiger partial charge in [0.05, 0.1) is 18.6 Å². The number of rotatable bonds is 3. The molecule has 4 heteroatoms. The van der Waals surface area contributed by atoms with Gasteiger partial charge in [-0.15, -0.1) is 0 Å². The molecular formula is C14H15NO3. The second-order valence-electron chi connectivity index (χ2n) is 4.28. The highest BCUT2D eigenvalue weighted by Crippen LogP contribution is 2.33. The zero-order chi connectivity index (χ0) is 12.4. The summed E-state index contributed by atoms with van der Waals surface area (Å²) < 4.78 is 16.1. The minimum absolute atomic E-state index is 0.186. The Hall–Kier alpha value is -2.10. The standard InChI is InChI=1S/C14H15NO3/c1-10(11-4-5-16-9-11)15-12-2-3-13-14(8-12)18-7-6-17-13/h2-5,8-10,15H,6-7H2,1H3. The molecule has 0 amide bonds. The van der Waals surface area contributed by atoms with E-state index in [9.17, 15) is 0 Å². The van der Waals surface area contributed by atoms with E-state index in [-0.39, 0.29) is 6.04 Å². The Labute approximate surface area is 106 Å². The van der Waals surface area contributed by atoms with Crippen molar-refractivity contribution in [3.05, 3.63) is 42.4 Å². The molecule has 1 atom stereocenters. The first-order chi connectivity index (χ1) is 8.83. The summed E-state index contributed by atoms with van der Waals surface area (Å²) in [4.78, 5) is 0. The van der Waals surface area contributed by atoms with Gasteiger partial charge in [0.2, 0.25) is 0 Å². The van der Waals surface area contributed by atoms with Crippen LogP contribution in [0.5, 0.6) is 11.5 Å². The van der Waals surface area contributed by atoms with E-state index in [4.69, 9.17) is 13.9 Å². The lowest BCUT2D eigenvalue weighted by Gasteiger charge is -2.20. The molecule has 0 radical (unpaired) electrons. The predicted molar refractivity (Wildman–Crippen MR) is 68.2 cm³/mol. The summed E-state index contributed by atoms with van der Waals surface area (Å²) in [6.45, 7) is 3.31. The molecule has 0 bridgehead atoms. The molecule has 0 saturated carbocycles. The lowest BCUT2D eigenvalue weighted by atomic mass is 10.1. The molecule has 2 heterocycles. The predicted octanol–water partition coefficient (Wildman–Crippen LogP) is 3.22. The van der Waals surface area contributed by atoms with Gasteiger partial charge in [-0.1, -0.05) is 0 Å².